The molecule has 1 heterocycles. The van der Waals surface area contributed by atoms with Gasteiger partial charge < -0.3 is 15.5 Å². The highest BCUT2D eigenvalue weighted by atomic mass is 16.1. The van der Waals surface area contributed by atoms with Crippen LogP contribution in [0.25, 0.3) is 0 Å². The zero-order chi connectivity index (χ0) is 14.7. The van der Waals surface area contributed by atoms with Crippen LogP contribution in [0.5, 0.6) is 0 Å². The maximum atomic E-state index is 11.7. The molecule has 0 saturated carbocycles. The van der Waals surface area contributed by atoms with E-state index >= 15 is 0 Å². The number of nitrogen functional groups attached to an aromatic ring is 1. The molecule has 0 spiro atoms. The second kappa shape index (κ2) is 6.27. The minimum atomic E-state index is 0.0318. The van der Waals surface area contributed by atoms with E-state index in [2.05, 4.69) is 23.8 Å². The van der Waals surface area contributed by atoms with E-state index in [0.29, 0.717) is 17.3 Å². The molecule has 20 heavy (non-hydrogen) atoms. The number of nitrogens with two attached hydrogens (primary N) is 1. The van der Waals surface area contributed by atoms with Crippen LogP contribution >= 0.6 is 0 Å². The van der Waals surface area contributed by atoms with Crippen LogP contribution in [0.15, 0.2) is 18.2 Å². The van der Waals surface area contributed by atoms with Crippen LogP contribution in [0.4, 0.5) is 11.4 Å². The fraction of sp³-hybridized carbons (Fsp3) is 0.562. The van der Waals surface area contributed by atoms with E-state index in [4.69, 9.17) is 5.73 Å². The van der Waals surface area contributed by atoms with Gasteiger partial charge in [0.2, 0.25) is 0 Å². The van der Waals surface area contributed by atoms with Crippen LogP contribution in [0.3, 0.4) is 0 Å². The van der Waals surface area contributed by atoms with Crippen LogP contribution in [-0.4, -0.2) is 43.4 Å². The van der Waals surface area contributed by atoms with E-state index in [-0.39, 0.29) is 5.78 Å². The third-order valence-electron chi connectivity index (χ3n) is 4.12. The van der Waals surface area contributed by atoms with E-state index < -0.39 is 0 Å². The van der Waals surface area contributed by atoms with E-state index in [0.717, 1.165) is 38.2 Å². The van der Waals surface area contributed by atoms with Gasteiger partial charge in [-0.1, -0.05) is 6.92 Å². The number of rotatable bonds is 3. The Bertz CT molecular complexity index is 487. The maximum absolute atomic E-state index is 11.7. The highest BCUT2D eigenvalue weighted by molar-refractivity contribution is 6.00. The van der Waals surface area contributed by atoms with Gasteiger partial charge in [0.15, 0.2) is 5.78 Å². The van der Waals surface area contributed by atoms with Crippen LogP contribution in [0.2, 0.25) is 0 Å². The Labute approximate surface area is 121 Å². The highest BCUT2D eigenvalue weighted by Gasteiger charge is 2.23. The van der Waals surface area contributed by atoms with Gasteiger partial charge in [0.1, 0.15) is 0 Å². The van der Waals surface area contributed by atoms with Crippen molar-refractivity contribution < 1.29 is 4.79 Å². The van der Waals surface area contributed by atoms with Gasteiger partial charge in [0, 0.05) is 36.1 Å². The predicted octanol–water partition coefficient (Wildman–Crippen LogP) is 2.39. The zero-order valence-electron chi connectivity index (χ0n) is 12.7. The third-order valence-corrected chi connectivity index (χ3v) is 4.12. The number of hydrogen-bond donors (Lipinski definition) is 1. The molecule has 0 aromatic heterocycles. The SMILES string of the molecule is CCC1CN(C)CCCN1c1ccc(N)c(C(C)=O)c1. The highest BCUT2D eigenvalue weighted by Crippen LogP contribution is 2.26. The first kappa shape index (κ1) is 14.9. The molecule has 2 rings (SSSR count). The van der Waals surface area contributed by atoms with Gasteiger partial charge in [0.25, 0.3) is 0 Å². The van der Waals surface area contributed by atoms with Crippen LogP contribution in [-0.2, 0) is 0 Å². The summed E-state index contributed by atoms with van der Waals surface area (Å²) in [6.07, 6.45) is 2.25. The molecule has 0 bridgehead atoms. The molecular formula is C16H25N3O. The lowest BCUT2D eigenvalue weighted by molar-refractivity contribution is 0.101. The minimum absolute atomic E-state index is 0.0318. The van der Waals surface area contributed by atoms with Crippen molar-refractivity contribution in [3.05, 3.63) is 23.8 Å². The van der Waals surface area contributed by atoms with Gasteiger partial charge in [-0.3, -0.25) is 4.79 Å². The number of hydrogen-bond acceptors (Lipinski definition) is 4. The number of carbonyl (C=O) groups is 1. The van der Waals surface area contributed by atoms with Crippen molar-refractivity contribution in [2.75, 3.05) is 37.3 Å². The standard InChI is InChI=1S/C16H25N3O/c1-4-13-11-18(3)8-5-9-19(13)14-6-7-16(17)15(10-14)12(2)20/h6-7,10,13H,4-5,8-9,11,17H2,1-3H3. The fourth-order valence-electron chi connectivity index (χ4n) is 2.96. The van der Waals surface area contributed by atoms with Crippen molar-refractivity contribution in [2.45, 2.75) is 32.7 Å². The Hall–Kier alpha value is -1.55. The molecule has 1 unspecified atom stereocenters. The van der Waals surface area contributed by atoms with Crippen molar-refractivity contribution in [3.63, 3.8) is 0 Å². The van der Waals surface area contributed by atoms with E-state index in [1.807, 2.05) is 18.2 Å². The summed E-state index contributed by atoms with van der Waals surface area (Å²) in [7, 11) is 2.18. The molecule has 110 valence electrons. The van der Waals surface area contributed by atoms with Crippen molar-refractivity contribution in [1.82, 2.24) is 4.90 Å². The summed E-state index contributed by atoms with van der Waals surface area (Å²) in [4.78, 5) is 16.5. The zero-order valence-corrected chi connectivity index (χ0v) is 12.7. The topological polar surface area (TPSA) is 49.6 Å². The number of nitrogens with zero attached hydrogens (tertiary/aromatic N) is 2. The smallest absolute Gasteiger partial charge is 0.161 e. The minimum Gasteiger partial charge on any atom is -0.398 e. The molecule has 1 aliphatic rings. The molecule has 1 aliphatic heterocycles. The molecule has 1 aromatic carbocycles. The summed E-state index contributed by atoms with van der Waals surface area (Å²) in [5.74, 6) is 0.0318. The van der Waals surface area contributed by atoms with E-state index in [1.54, 1.807) is 6.92 Å². The van der Waals surface area contributed by atoms with Crippen molar-refractivity contribution in [2.24, 2.45) is 0 Å². The Morgan fingerprint density at radius 1 is 1.40 bits per heavy atom. The first-order chi connectivity index (χ1) is 9.52. The summed E-state index contributed by atoms with van der Waals surface area (Å²) in [6, 6.07) is 6.33. The first-order valence-corrected chi connectivity index (χ1v) is 7.38. The number of anilines is 2. The monoisotopic (exact) mass is 275 g/mol. The first-order valence-electron chi connectivity index (χ1n) is 7.38. The number of ketones is 1. The van der Waals surface area contributed by atoms with Gasteiger partial charge >= 0.3 is 0 Å². The molecule has 1 saturated heterocycles. The Morgan fingerprint density at radius 3 is 2.80 bits per heavy atom. The molecule has 1 fully saturated rings. The third kappa shape index (κ3) is 3.12. The lowest BCUT2D eigenvalue weighted by atomic mass is 10.1. The van der Waals surface area contributed by atoms with Crippen molar-refractivity contribution >= 4 is 17.2 Å². The molecule has 2 N–H and O–H groups in total. The van der Waals surface area contributed by atoms with Crippen LogP contribution < -0.4 is 10.6 Å². The van der Waals surface area contributed by atoms with Gasteiger partial charge in [-0.15, -0.1) is 0 Å². The average Bonchev–Trinajstić information content (AvgIpc) is 2.60. The summed E-state index contributed by atoms with van der Waals surface area (Å²) in [5, 5.41) is 0. The van der Waals surface area contributed by atoms with Crippen molar-refractivity contribution in [1.29, 1.82) is 0 Å². The number of carbonyl (C=O) groups excluding carboxylic acids is 1. The Morgan fingerprint density at radius 2 is 2.15 bits per heavy atom. The lowest BCUT2D eigenvalue weighted by Gasteiger charge is -2.32. The summed E-state index contributed by atoms with van der Waals surface area (Å²) < 4.78 is 0. The molecule has 0 aliphatic carbocycles. The number of benzene rings is 1. The molecule has 1 aromatic rings. The Balaban J connectivity index is 2.33. The van der Waals surface area contributed by atoms with Crippen LogP contribution in [0.1, 0.15) is 37.0 Å². The summed E-state index contributed by atoms with van der Waals surface area (Å²) >= 11 is 0. The quantitative estimate of drug-likeness (QED) is 0.680. The van der Waals surface area contributed by atoms with Crippen LogP contribution in [0, 0.1) is 0 Å². The molecule has 0 amide bonds. The molecule has 4 nitrogen and oxygen atoms in total. The van der Waals surface area contributed by atoms with E-state index in [9.17, 15) is 4.79 Å². The largest absolute Gasteiger partial charge is 0.398 e. The molecular weight excluding hydrogens is 250 g/mol. The number of likely N-dealkylation sites (N-methyl/N-ethyl adjacent to an activating group) is 1. The summed E-state index contributed by atoms with van der Waals surface area (Å²) in [5.41, 5.74) is 8.21. The van der Waals surface area contributed by atoms with Crippen molar-refractivity contribution in [3.8, 4) is 0 Å². The summed E-state index contributed by atoms with van der Waals surface area (Å²) in [6.45, 7) is 7.02. The number of Topliss-reactive ketones (excluding diaryl/α,β-unsaturated/α-hetero) is 1. The molecule has 1 atom stereocenters. The Kier molecular flexibility index (Phi) is 4.65. The second-order valence-electron chi connectivity index (χ2n) is 5.70. The van der Waals surface area contributed by atoms with Gasteiger partial charge in [-0.05, 0) is 51.6 Å². The predicted molar refractivity (Wildman–Crippen MR) is 84.4 cm³/mol. The average molecular weight is 275 g/mol. The second-order valence-corrected chi connectivity index (χ2v) is 5.70. The normalized spacial score (nSPS) is 20.8. The molecule has 4 heteroatoms. The van der Waals surface area contributed by atoms with Gasteiger partial charge in [0.05, 0.1) is 0 Å². The van der Waals surface area contributed by atoms with E-state index in [1.165, 1.54) is 0 Å². The molecule has 0 radical (unpaired) electrons. The lowest BCUT2D eigenvalue weighted by Crippen LogP contribution is -2.39. The van der Waals surface area contributed by atoms with Gasteiger partial charge in [-0.2, -0.15) is 0 Å². The fourth-order valence-corrected chi connectivity index (χ4v) is 2.96. The van der Waals surface area contributed by atoms with Gasteiger partial charge in [-0.25, -0.2) is 0 Å². The maximum Gasteiger partial charge on any atom is 0.161 e.